The van der Waals surface area contributed by atoms with E-state index >= 15 is 0 Å². The molecular formula is C13H9NO. The van der Waals surface area contributed by atoms with Crippen LogP contribution in [-0.4, -0.2) is 4.98 Å². The first-order valence-electron chi connectivity index (χ1n) is 4.53. The normalized spacial score (nSPS) is 9.27. The van der Waals surface area contributed by atoms with Crippen molar-refractivity contribution in [3.63, 3.8) is 0 Å². The second kappa shape index (κ2) is 4.30. The van der Waals surface area contributed by atoms with Crippen molar-refractivity contribution in [1.82, 2.24) is 4.98 Å². The molecule has 1 aromatic carbocycles. The molecule has 0 aliphatic carbocycles. The molecule has 72 valence electrons. The maximum atomic E-state index is 5.56. The standard InChI is InChI=1S/C13H9NO/c1-2-11-5-3-6-12(9-11)15-13-7-4-8-14-10-13/h1,3-10H. The molecule has 0 radical (unpaired) electrons. The van der Waals surface area contributed by atoms with E-state index < -0.39 is 0 Å². The topological polar surface area (TPSA) is 22.1 Å². The van der Waals surface area contributed by atoms with E-state index in [9.17, 15) is 0 Å². The van der Waals surface area contributed by atoms with Gasteiger partial charge < -0.3 is 4.74 Å². The van der Waals surface area contributed by atoms with Crippen molar-refractivity contribution in [3.05, 3.63) is 54.4 Å². The largest absolute Gasteiger partial charge is 0.456 e. The Balaban J connectivity index is 2.22. The monoisotopic (exact) mass is 195 g/mol. The lowest BCUT2D eigenvalue weighted by Crippen LogP contribution is -1.85. The second-order valence-corrected chi connectivity index (χ2v) is 2.96. The zero-order valence-electron chi connectivity index (χ0n) is 8.05. The first kappa shape index (κ1) is 9.29. The summed E-state index contributed by atoms with van der Waals surface area (Å²) in [7, 11) is 0. The summed E-state index contributed by atoms with van der Waals surface area (Å²) in [5.74, 6) is 3.98. The summed E-state index contributed by atoms with van der Waals surface area (Å²) < 4.78 is 5.56. The Kier molecular flexibility index (Phi) is 2.66. The maximum absolute atomic E-state index is 5.56. The molecule has 0 fully saturated rings. The molecule has 2 rings (SSSR count). The maximum Gasteiger partial charge on any atom is 0.145 e. The molecule has 2 heteroatoms. The molecule has 0 aliphatic rings. The van der Waals surface area contributed by atoms with Crippen molar-refractivity contribution < 1.29 is 4.74 Å². The van der Waals surface area contributed by atoms with Gasteiger partial charge in [0.15, 0.2) is 0 Å². The minimum atomic E-state index is 0.701. The van der Waals surface area contributed by atoms with E-state index in [-0.39, 0.29) is 0 Å². The summed E-state index contributed by atoms with van der Waals surface area (Å²) in [5.41, 5.74) is 0.802. The molecule has 1 aromatic heterocycles. The summed E-state index contributed by atoms with van der Waals surface area (Å²) in [6, 6.07) is 11.0. The Bertz CT molecular complexity index is 485. The Labute approximate surface area is 88.6 Å². The highest BCUT2D eigenvalue weighted by Crippen LogP contribution is 2.20. The van der Waals surface area contributed by atoms with E-state index in [2.05, 4.69) is 10.9 Å². The smallest absolute Gasteiger partial charge is 0.145 e. The fourth-order valence-corrected chi connectivity index (χ4v) is 1.19. The van der Waals surface area contributed by atoms with Crippen molar-refractivity contribution in [2.24, 2.45) is 0 Å². The average Bonchev–Trinajstić information content (AvgIpc) is 2.31. The molecule has 0 saturated heterocycles. The first-order valence-corrected chi connectivity index (χ1v) is 4.53. The Morgan fingerprint density at radius 1 is 1.13 bits per heavy atom. The van der Waals surface area contributed by atoms with Gasteiger partial charge in [-0.3, -0.25) is 4.98 Å². The van der Waals surface area contributed by atoms with Crippen molar-refractivity contribution in [2.45, 2.75) is 0 Å². The molecule has 0 spiro atoms. The van der Waals surface area contributed by atoms with Crippen LogP contribution in [0.4, 0.5) is 0 Å². The van der Waals surface area contributed by atoms with E-state index in [4.69, 9.17) is 11.2 Å². The van der Waals surface area contributed by atoms with Gasteiger partial charge in [-0.25, -0.2) is 0 Å². The van der Waals surface area contributed by atoms with Crippen LogP contribution in [0.3, 0.4) is 0 Å². The molecule has 0 amide bonds. The van der Waals surface area contributed by atoms with Gasteiger partial charge >= 0.3 is 0 Å². The zero-order chi connectivity index (χ0) is 10.5. The lowest BCUT2D eigenvalue weighted by Gasteiger charge is -2.04. The van der Waals surface area contributed by atoms with Crippen LogP contribution in [0.5, 0.6) is 11.5 Å². The number of pyridine rings is 1. The van der Waals surface area contributed by atoms with Crippen molar-refractivity contribution >= 4 is 0 Å². The molecule has 0 atom stereocenters. The molecule has 0 unspecified atom stereocenters. The Morgan fingerprint density at radius 3 is 2.73 bits per heavy atom. The molecule has 2 aromatic rings. The first-order chi connectivity index (χ1) is 7.38. The molecule has 1 heterocycles. The number of terminal acetylenes is 1. The third-order valence-electron chi connectivity index (χ3n) is 1.87. The molecule has 0 saturated carbocycles. The van der Waals surface area contributed by atoms with Gasteiger partial charge in [0.05, 0.1) is 6.20 Å². The molecular weight excluding hydrogens is 186 g/mol. The number of benzene rings is 1. The lowest BCUT2D eigenvalue weighted by molar-refractivity contribution is 0.480. The number of aromatic nitrogens is 1. The van der Waals surface area contributed by atoms with Crippen LogP contribution >= 0.6 is 0 Å². The predicted molar refractivity (Wildman–Crippen MR) is 58.7 cm³/mol. The van der Waals surface area contributed by atoms with Crippen LogP contribution in [0.1, 0.15) is 5.56 Å². The van der Waals surface area contributed by atoms with Gasteiger partial charge in [-0.1, -0.05) is 12.0 Å². The highest BCUT2D eigenvalue weighted by atomic mass is 16.5. The van der Waals surface area contributed by atoms with Crippen LogP contribution in [0.2, 0.25) is 0 Å². The predicted octanol–water partition coefficient (Wildman–Crippen LogP) is 2.86. The number of nitrogens with zero attached hydrogens (tertiary/aromatic N) is 1. The van der Waals surface area contributed by atoms with Crippen LogP contribution < -0.4 is 4.74 Å². The van der Waals surface area contributed by atoms with Crippen LogP contribution in [0, 0.1) is 12.3 Å². The van der Waals surface area contributed by atoms with E-state index in [0.29, 0.717) is 5.75 Å². The number of rotatable bonds is 2. The summed E-state index contributed by atoms with van der Waals surface area (Å²) in [4.78, 5) is 3.96. The molecule has 2 nitrogen and oxygen atoms in total. The summed E-state index contributed by atoms with van der Waals surface area (Å²) in [6.07, 6.45) is 8.65. The van der Waals surface area contributed by atoms with E-state index in [0.717, 1.165) is 11.3 Å². The molecule has 15 heavy (non-hydrogen) atoms. The van der Waals surface area contributed by atoms with Gasteiger partial charge in [0.1, 0.15) is 11.5 Å². The summed E-state index contributed by atoms with van der Waals surface area (Å²) in [6.45, 7) is 0. The minimum Gasteiger partial charge on any atom is -0.456 e. The quantitative estimate of drug-likeness (QED) is 0.687. The van der Waals surface area contributed by atoms with Crippen LogP contribution in [0.15, 0.2) is 48.8 Å². The van der Waals surface area contributed by atoms with E-state index in [1.54, 1.807) is 12.4 Å². The zero-order valence-corrected chi connectivity index (χ0v) is 8.05. The van der Waals surface area contributed by atoms with Gasteiger partial charge in [0.2, 0.25) is 0 Å². The Hall–Kier alpha value is -2.27. The highest BCUT2D eigenvalue weighted by molar-refractivity contribution is 5.39. The fourth-order valence-electron chi connectivity index (χ4n) is 1.19. The van der Waals surface area contributed by atoms with E-state index in [1.165, 1.54) is 0 Å². The van der Waals surface area contributed by atoms with Crippen molar-refractivity contribution in [2.75, 3.05) is 0 Å². The average molecular weight is 195 g/mol. The minimum absolute atomic E-state index is 0.701. The third-order valence-corrected chi connectivity index (χ3v) is 1.87. The van der Waals surface area contributed by atoms with Gasteiger partial charge in [0.25, 0.3) is 0 Å². The number of ether oxygens (including phenoxy) is 1. The van der Waals surface area contributed by atoms with Gasteiger partial charge in [-0.15, -0.1) is 6.42 Å². The van der Waals surface area contributed by atoms with Gasteiger partial charge in [-0.05, 0) is 30.3 Å². The SMILES string of the molecule is C#Cc1cccc(Oc2cccnc2)c1. The summed E-state index contributed by atoms with van der Waals surface area (Å²) >= 11 is 0. The summed E-state index contributed by atoms with van der Waals surface area (Å²) in [5, 5.41) is 0. The molecule has 0 N–H and O–H groups in total. The van der Waals surface area contributed by atoms with Gasteiger partial charge in [-0.2, -0.15) is 0 Å². The second-order valence-electron chi connectivity index (χ2n) is 2.96. The Morgan fingerprint density at radius 2 is 2.00 bits per heavy atom. The fraction of sp³-hybridized carbons (Fsp3) is 0. The molecule has 0 bridgehead atoms. The lowest BCUT2D eigenvalue weighted by atomic mass is 10.2. The number of hydrogen-bond donors (Lipinski definition) is 0. The molecule has 0 aliphatic heterocycles. The van der Waals surface area contributed by atoms with Crippen molar-refractivity contribution in [3.8, 4) is 23.8 Å². The van der Waals surface area contributed by atoms with E-state index in [1.807, 2.05) is 36.4 Å². The highest BCUT2D eigenvalue weighted by Gasteiger charge is 1.96. The third kappa shape index (κ3) is 2.35. The van der Waals surface area contributed by atoms with Gasteiger partial charge in [0, 0.05) is 11.8 Å². The van der Waals surface area contributed by atoms with Crippen LogP contribution in [0.25, 0.3) is 0 Å². The van der Waals surface area contributed by atoms with Crippen LogP contribution in [-0.2, 0) is 0 Å². The van der Waals surface area contributed by atoms with Crippen molar-refractivity contribution in [1.29, 1.82) is 0 Å². The number of hydrogen-bond acceptors (Lipinski definition) is 2.